The van der Waals surface area contributed by atoms with Gasteiger partial charge < -0.3 is 14.2 Å². The van der Waals surface area contributed by atoms with Crippen LogP contribution in [0.1, 0.15) is 11.4 Å². The number of fused-ring (bicyclic) bond motifs is 3. The molecule has 0 bridgehead atoms. The molecule has 30 heavy (non-hydrogen) atoms. The molecule has 0 amide bonds. The Bertz CT molecular complexity index is 1200. The molecule has 3 aromatic carbocycles. The lowest BCUT2D eigenvalue weighted by Gasteiger charge is -2.14. The number of aromatic nitrogens is 3. The molecule has 4 aromatic rings. The first-order valence-corrected chi connectivity index (χ1v) is 9.71. The third kappa shape index (κ3) is 3.11. The second-order valence-corrected chi connectivity index (χ2v) is 7.04. The molecule has 0 fully saturated rings. The topological polar surface area (TPSA) is 58.4 Å². The molecule has 5 rings (SSSR count). The summed E-state index contributed by atoms with van der Waals surface area (Å²) in [5.74, 6) is 3.10. The number of benzene rings is 3. The maximum absolute atomic E-state index is 5.81. The number of methoxy groups -OCH3 is 2. The highest BCUT2D eigenvalue weighted by atomic mass is 16.5. The molecule has 150 valence electrons. The normalized spacial score (nSPS) is 12.6. The molecular weight excluding hydrogens is 378 g/mol. The summed E-state index contributed by atoms with van der Waals surface area (Å²) < 4.78 is 19.0. The lowest BCUT2D eigenvalue weighted by molar-refractivity contribution is 0.105. The minimum Gasteiger partial charge on any atom is -0.497 e. The van der Waals surface area contributed by atoms with Crippen LogP contribution in [0.25, 0.3) is 28.2 Å². The Morgan fingerprint density at radius 2 is 1.70 bits per heavy atom. The molecule has 0 saturated heterocycles. The van der Waals surface area contributed by atoms with E-state index in [0.29, 0.717) is 13.2 Å². The zero-order valence-electron chi connectivity index (χ0n) is 16.8. The highest BCUT2D eigenvalue weighted by molar-refractivity contribution is 5.75. The lowest BCUT2D eigenvalue weighted by Crippen LogP contribution is -2.03. The molecule has 1 aliphatic rings. The number of nitrogens with zero attached hydrogens (tertiary/aromatic N) is 3. The summed E-state index contributed by atoms with van der Waals surface area (Å²) in [4.78, 5) is 0. The zero-order valence-corrected chi connectivity index (χ0v) is 16.8. The van der Waals surface area contributed by atoms with Gasteiger partial charge in [-0.1, -0.05) is 36.4 Å². The van der Waals surface area contributed by atoms with Gasteiger partial charge in [0.15, 0.2) is 11.6 Å². The van der Waals surface area contributed by atoms with Crippen molar-refractivity contribution in [1.82, 2.24) is 14.8 Å². The largest absolute Gasteiger partial charge is 0.497 e. The van der Waals surface area contributed by atoms with E-state index < -0.39 is 0 Å². The predicted molar refractivity (Wildman–Crippen MR) is 114 cm³/mol. The van der Waals surface area contributed by atoms with Crippen molar-refractivity contribution in [1.29, 1.82) is 0 Å². The van der Waals surface area contributed by atoms with Gasteiger partial charge in [-0.15, -0.1) is 10.2 Å². The first-order valence-electron chi connectivity index (χ1n) is 9.71. The predicted octanol–water partition coefficient (Wildman–Crippen LogP) is 4.65. The van der Waals surface area contributed by atoms with Crippen LogP contribution >= 0.6 is 0 Å². The van der Waals surface area contributed by atoms with E-state index in [0.717, 1.165) is 51.1 Å². The van der Waals surface area contributed by atoms with E-state index in [2.05, 4.69) is 39.0 Å². The maximum atomic E-state index is 5.81. The highest BCUT2D eigenvalue weighted by Gasteiger charge is 2.22. The van der Waals surface area contributed by atoms with Crippen molar-refractivity contribution < 1.29 is 14.2 Å². The molecule has 0 atom stereocenters. The number of rotatable bonds is 4. The summed E-state index contributed by atoms with van der Waals surface area (Å²) in [6, 6.07) is 22.3. The molecule has 0 radical (unpaired) electrons. The Hall–Kier alpha value is -3.64. The Kier molecular flexibility index (Phi) is 4.69. The molecule has 0 aliphatic carbocycles. The van der Waals surface area contributed by atoms with Crippen LogP contribution in [-0.4, -0.2) is 29.0 Å². The summed E-state index contributed by atoms with van der Waals surface area (Å²) >= 11 is 0. The number of hydrogen-bond donors (Lipinski definition) is 0. The van der Waals surface area contributed by atoms with Gasteiger partial charge in [-0.2, -0.15) is 0 Å². The minimum absolute atomic E-state index is 0.392. The van der Waals surface area contributed by atoms with Crippen LogP contribution in [0.5, 0.6) is 11.5 Å². The van der Waals surface area contributed by atoms with Crippen molar-refractivity contribution in [2.45, 2.75) is 13.2 Å². The van der Waals surface area contributed by atoms with Gasteiger partial charge in [-0.25, -0.2) is 0 Å². The van der Waals surface area contributed by atoms with E-state index in [1.54, 1.807) is 14.2 Å². The zero-order chi connectivity index (χ0) is 20.5. The van der Waals surface area contributed by atoms with E-state index in [9.17, 15) is 0 Å². The Morgan fingerprint density at radius 3 is 2.50 bits per heavy atom. The van der Waals surface area contributed by atoms with Crippen molar-refractivity contribution in [2.75, 3.05) is 14.2 Å². The fraction of sp³-hybridized carbons (Fsp3) is 0.167. The van der Waals surface area contributed by atoms with Crippen molar-refractivity contribution in [2.24, 2.45) is 0 Å². The van der Waals surface area contributed by atoms with Crippen molar-refractivity contribution >= 4 is 0 Å². The second-order valence-electron chi connectivity index (χ2n) is 7.04. The quantitative estimate of drug-likeness (QED) is 0.500. The minimum atomic E-state index is 0.392. The van der Waals surface area contributed by atoms with E-state index >= 15 is 0 Å². The van der Waals surface area contributed by atoms with Gasteiger partial charge in [-0.05, 0) is 35.9 Å². The molecule has 0 saturated carbocycles. The third-order valence-electron chi connectivity index (χ3n) is 5.29. The molecule has 6 nitrogen and oxygen atoms in total. The fourth-order valence-electron chi connectivity index (χ4n) is 3.81. The van der Waals surface area contributed by atoms with Gasteiger partial charge in [0.25, 0.3) is 0 Å². The summed E-state index contributed by atoms with van der Waals surface area (Å²) in [7, 11) is 3.35. The average Bonchev–Trinajstić information content (AvgIpc) is 3.14. The molecular formula is C24H21N3O3. The Labute approximate surface area is 174 Å². The monoisotopic (exact) mass is 399 g/mol. The van der Waals surface area contributed by atoms with E-state index in [1.165, 1.54) is 0 Å². The molecule has 0 N–H and O–H groups in total. The number of ether oxygens (including phenoxy) is 3. The smallest absolute Gasteiger partial charge is 0.168 e. The standard InChI is InChI=1S/C24H21N3O3/c1-28-19-9-11-21-18(12-19)14-30-15-23-25-26-24(27(21)23)17-8-10-20(22(13-17)29-2)16-6-4-3-5-7-16/h3-13H,14-15H2,1-2H3. The van der Waals surface area contributed by atoms with E-state index in [-0.39, 0.29) is 0 Å². The van der Waals surface area contributed by atoms with Crippen LogP contribution in [0, 0.1) is 0 Å². The van der Waals surface area contributed by atoms with Crippen LogP contribution in [0.15, 0.2) is 66.7 Å². The van der Waals surface area contributed by atoms with Gasteiger partial charge in [0.1, 0.15) is 18.1 Å². The maximum Gasteiger partial charge on any atom is 0.168 e. The summed E-state index contributed by atoms with van der Waals surface area (Å²) in [6.07, 6.45) is 0. The van der Waals surface area contributed by atoms with Crippen molar-refractivity contribution in [3.05, 3.63) is 78.1 Å². The van der Waals surface area contributed by atoms with Gasteiger partial charge in [0.05, 0.1) is 26.5 Å². The van der Waals surface area contributed by atoms with Crippen LogP contribution in [0.3, 0.4) is 0 Å². The average molecular weight is 399 g/mol. The molecule has 2 heterocycles. The summed E-state index contributed by atoms with van der Waals surface area (Å²) in [5, 5.41) is 8.86. The second kappa shape index (κ2) is 7.65. The summed E-state index contributed by atoms with van der Waals surface area (Å²) in [5.41, 5.74) is 5.09. The first kappa shape index (κ1) is 18.4. The Balaban J connectivity index is 1.64. The molecule has 1 aromatic heterocycles. The van der Waals surface area contributed by atoms with Crippen molar-refractivity contribution in [3.63, 3.8) is 0 Å². The fourth-order valence-corrected chi connectivity index (χ4v) is 3.81. The highest BCUT2D eigenvalue weighted by Crippen LogP contribution is 2.36. The van der Waals surface area contributed by atoms with Gasteiger partial charge in [-0.3, -0.25) is 4.57 Å². The Morgan fingerprint density at radius 1 is 0.833 bits per heavy atom. The number of hydrogen-bond acceptors (Lipinski definition) is 5. The van der Waals surface area contributed by atoms with Crippen molar-refractivity contribution in [3.8, 4) is 39.7 Å². The lowest BCUT2D eigenvalue weighted by atomic mass is 10.0. The van der Waals surface area contributed by atoms with Gasteiger partial charge in [0.2, 0.25) is 0 Å². The van der Waals surface area contributed by atoms with Crippen LogP contribution in [-0.2, 0) is 18.0 Å². The van der Waals surface area contributed by atoms with Gasteiger partial charge >= 0.3 is 0 Å². The van der Waals surface area contributed by atoms with E-state index in [1.807, 2.05) is 42.5 Å². The van der Waals surface area contributed by atoms with E-state index in [4.69, 9.17) is 14.2 Å². The summed E-state index contributed by atoms with van der Waals surface area (Å²) in [6.45, 7) is 0.884. The first-order chi connectivity index (χ1) is 14.8. The molecule has 6 heteroatoms. The third-order valence-corrected chi connectivity index (χ3v) is 5.29. The van der Waals surface area contributed by atoms with Crippen LogP contribution in [0.4, 0.5) is 0 Å². The SMILES string of the molecule is COc1ccc2c(c1)COCc1nnc(-c3ccc(-c4ccccc4)c(OC)c3)n1-2. The molecule has 0 unspecified atom stereocenters. The van der Waals surface area contributed by atoms with Crippen LogP contribution < -0.4 is 9.47 Å². The van der Waals surface area contributed by atoms with Gasteiger partial charge in [0, 0.05) is 16.7 Å². The molecule has 0 spiro atoms. The van der Waals surface area contributed by atoms with Crippen LogP contribution in [0.2, 0.25) is 0 Å². The molecule has 1 aliphatic heterocycles.